The Labute approximate surface area is 192 Å². The maximum Gasteiger partial charge on any atom is 0.188 e. The van der Waals surface area contributed by atoms with Crippen LogP contribution in [0, 0.1) is 0 Å². The highest BCUT2D eigenvalue weighted by Gasteiger charge is 2.38. The second-order valence-corrected chi connectivity index (χ2v) is 9.98. The van der Waals surface area contributed by atoms with E-state index in [9.17, 15) is 0 Å². The van der Waals surface area contributed by atoms with Gasteiger partial charge in [0.2, 0.25) is 0 Å². The topological polar surface area (TPSA) is 27.7 Å². The molecule has 32 heavy (non-hydrogen) atoms. The van der Waals surface area contributed by atoms with Crippen molar-refractivity contribution in [2.24, 2.45) is 0 Å². The molecular weight excluding hydrogens is 396 g/mol. The van der Waals surface area contributed by atoms with E-state index in [4.69, 9.17) is 14.2 Å². The van der Waals surface area contributed by atoms with Crippen LogP contribution in [0.1, 0.15) is 57.2 Å². The molecule has 1 aliphatic carbocycles. The lowest BCUT2D eigenvalue weighted by molar-refractivity contribution is 0.0515. The zero-order valence-electron chi connectivity index (χ0n) is 19.9. The third-order valence-corrected chi connectivity index (χ3v) is 6.70. The molecule has 0 aromatic heterocycles. The molecule has 0 spiro atoms. The van der Waals surface area contributed by atoms with Crippen molar-refractivity contribution in [2.75, 3.05) is 13.9 Å². The summed E-state index contributed by atoms with van der Waals surface area (Å²) in [5, 5.41) is 0. The van der Waals surface area contributed by atoms with Crippen LogP contribution in [0.5, 0.6) is 11.5 Å². The molecule has 3 heteroatoms. The van der Waals surface area contributed by atoms with Gasteiger partial charge in [0.15, 0.2) is 6.79 Å². The number of fused-ring (bicyclic) bond motifs is 1. The normalized spacial score (nSPS) is 16.3. The second-order valence-electron chi connectivity index (χ2n) is 9.98. The van der Waals surface area contributed by atoms with Gasteiger partial charge in [0.05, 0.1) is 0 Å². The molecule has 0 saturated heterocycles. The van der Waals surface area contributed by atoms with Crippen molar-refractivity contribution in [3.8, 4) is 22.6 Å². The molecule has 0 bridgehead atoms. The van der Waals surface area contributed by atoms with E-state index in [1.165, 1.54) is 17.5 Å². The molecule has 0 heterocycles. The Hall–Kier alpha value is -2.78. The van der Waals surface area contributed by atoms with Crippen molar-refractivity contribution >= 4 is 0 Å². The van der Waals surface area contributed by atoms with E-state index >= 15 is 0 Å². The van der Waals surface area contributed by atoms with Gasteiger partial charge in [0.1, 0.15) is 18.1 Å². The van der Waals surface area contributed by atoms with Crippen LogP contribution < -0.4 is 9.47 Å². The lowest BCUT2D eigenvalue weighted by Gasteiger charge is -2.42. The third kappa shape index (κ3) is 4.54. The summed E-state index contributed by atoms with van der Waals surface area (Å²) < 4.78 is 17.6. The first kappa shape index (κ1) is 22.4. The van der Waals surface area contributed by atoms with E-state index in [0.717, 1.165) is 34.6 Å². The average molecular weight is 431 g/mol. The van der Waals surface area contributed by atoms with E-state index in [1.54, 1.807) is 7.11 Å². The first-order valence-corrected chi connectivity index (χ1v) is 11.4. The number of benzene rings is 3. The number of methoxy groups -OCH3 is 1. The molecule has 0 saturated carbocycles. The van der Waals surface area contributed by atoms with Gasteiger partial charge in [-0.15, -0.1) is 0 Å². The number of rotatable bonds is 7. The third-order valence-electron chi connectivity index (χ3n) is 6.70. The molecule has 4 rings (SSSR count). The zero-order chi connectivity index (χ0) is 22.8. The fourth-order valence-corrected chi connectivity index (χ4v) is 4.60. The minimum absolute atomic E-state index is 0.111. The Kier molecular flexibility index (Phi) is 6.30. The molecule has 0 aliphatic heterocycles. The van der Waals surface area contributed by atoms with E-state index in [1.807, 2.05) is 36.4 Å². The first-order valence-electron chi connectivity index (χ1n) is 11.4. The monoisotopic (exact) mass is 430 g/mol. The van der Waals surface area contributed by atoms with Crippen LogP contribution in [0.25, 0.3) is 11.1 Å². The van der Waals surface area contributed by atoms with Crippen molar-refractivity contribution < 1.29 is 14.2 Å². The highest BCUT2D eigenvalue weighted by Crippen LogP contribution is 2.50. The van der Waals surface area contributed by atoms with Gasteiger partial charge in [-0.2, -0.15) is 0 Å². The Morgan fingerprint density at radius 3 is 2.00 bits per heavy atom. The lowest BCUT2D eigenvalue weighted by Crippen LogP contribution is -2.33. The van der Waals surface area contributed by atoms with Gasteiger partial charge in [-0.3, -0.25) is 0 Å². The molecule has 0 amide bonds. The van der Waals surface area contributed by atoms with Gasteiger partial charge in [-0.25, -0.2) is 0 Å². The van der Waals surface area contributed by atoms with Gasteiger partial charge in [-0.1, -0.05) is 76.2 Å². The van der Waals surface area contributed by atoms with Crippen LogP contribution in [0.3, 0.4) is 0 Å². The van der Waals surface area contributed by atoms with Crippen LogP contribution in [-0.2, 0) is 22.2 Å². The number of ether oxygens (including phenoxy) is 3. The average Bonchev–Trinajstić information content (AvgIpc) is 2.80. The van der Waals surface area contributed by atoms with Crippen LogP contribution in [-0.4, -0.2) is 13.9 Å². The number of para-hydroxylation sites is 1. The fourth-order valence-electron chi connectivity index (χ4n) is 4.60. The van der Waals surface area contributed by atoms with Crippen molar-refractivity contribution in [3.63, 3.8) is 0 Å². The maximum atomic E-state index is 6.48. The summed E-state index contributed by atoms with van der Waals surface area (Å²) in [5.74, 6) is 1.69. The second kappa shape index (κ2) is 8.99. The molecule has 0 atom stereocenters. The van der Waals surface area contributed by atoms with Gasteiger partial charge in [-0.05, 0) is 58.6 Å². The summed E-state index contributed by atoms with van der Waals surface area (Å²) >= 11 is 0. The minimum Gasteiger partial charge on any atom is -0.488 e. The van der Waals surface area contributed by atoms with E-state index in [2.05, 4.69) is 58.0 Å². The zero-order valence-corrected chi connectivity index (χ0v) is 19.9. The Morgan fingerprint density at radius 1 is 0.688 bits per heavy atom. The van der Waals surface area contributed by atoms with Crippen molar-refractivity contribution in [1.29, 1.82) is 0 Å². The molecule has 3 nitrogen and oxygen atoms in total. The maximum absolute atomic E-state index is 6.48. The predicted molar refractivity (Wildman–Crippen MR) is 130 cm³/mol. The highest BCUT2D eigenvalue weighted by atomic mass is 16.7. The first-order chi connectivity index (χ1) is 15.3. The summed E-state index contributed by atoms with van der Waals surface area (Å²) in [6, 6.07) is 23.1. The molecule has 0 unspecified atom stereocenters. The molecule has 3 aromatic carbocycles. The summed E-state index contributed by atoms with van der Waals surface area (Å²) in [7, 11) is 1.64. The summed E-state index contributed by atoms with van der Waals surface area (Å²) in [5.41, 5.74) is 6.25. The van der Waals surface area contributed by atoms with Crippen LogP contribution in [0.4, 0.5) is 0 Å². The highest BCUT2D eigenvalue weighted by molar-refractivity contribution is 5.78. The van der Waals surface area contributed by atoms with Crippen molar-refractivity contribution in [1.82, 2.24) is 0 Å². The molecular formula is C29H34O3. The Balaban J connectivity index is 1.86. The van der Waals surface area contributed by atoms with E-state index in [0.29, 0.717) is 6.61 Å². The number of hydrogen-bond donors (Lipinski definition) is 0. The molecule has 0 radical (unpaired) electrons. The molecule has 168 valence electrons. The summed E-state index contributed by atoms with van der Waals surface area (Å²) in [6.07, 6.45) is 2.33. The van der Waals surface area contributed by atoms with Crippen molar-refractivity contribution in [2.45, 2.75) is 58.0 Å². The minimum atomic E-state index is 0.111. The van der Waals surface area contributed by atoms with Gasteiger partial charge < -0.3 is 14.2 Å². The fraction of sp³-hybridized carbons (Fsp3) is 0.379. The van der Waals surface area contributed by atoms with E-state index < -0.39 is 0 Å². The largest absolute Gasteiger partial charge is 0.488 e. The van der Waals surface area contributed by atoms with Crippen LogP contribution in [0.2, 0.25) is 0 Å². The smallest absolute Gasteiger partial charge is 0.188 e. The summed E-state index contributed by atoms with van der Waals surface area (Å²) in [6.45, 7) is 10.1. The SMILES string of the molecule is COCOc1ccccc1-c1cc2c(cc1OCc1ccccc1)C(C)(C)CCC2(C)C. The van der Waals surface area contributed by atoms with Crippen LogP contribution >= 0.6 is 0 Å². The number of hydrogen-bond acceptors (Lipinski definition) is 3. The van der Waals surface area contributed by atoms with Crippen LogP contribution in [0.15, 0.2) is 66.7 Å². The van der Waals surface area contributed by atoms with E-state index in [-0.39, 0.29) is 17.6 Å². The van der Waals surface area contributed by atoms with Gasteiger partial charge in [0.25, 0.3) is 0 Å². The van der Waals surface area contributed by atoms with Crippen molar-refractivity contribution in [3.05, 3.63) is 83.4 Å². The summed E-state index contributed by atoms with van der Waals surface area (Å²) in [4.78, 5) is 0. The molecule has 0 N–H and O–H groups in total. The van der Waals surface area contributed by atoms with Gasteiger partial charge in [0, 0.05) is 18.2 Å². The Morgan fingerprint density at radius 2 is 1.31 bits per heavy atom. The Bertz CT molecular complexity index is 1070. The van der Waals surface area contributed by atoms with Gasteiger partial charge >= 0.3 is 0 Å². The quantitative estimate of drug-likeness (QED) is 0.369. The molecule has 3 aromatic rings. The lowest BCUT2D eigenvalue weighted by atomic mass is 9.62. The predicted octanol–water partition coefficient (Wildman–Crippen LogP) is 7.26. The standard InChI is InChI=1S/C29H34O3/c1-28(2)15-16-29(3,4)25-18-27(31-19-21-11-7-6-8-12-21)23(17-24(25)28)22-13-9-10-14-26(22)32-20-30-5/h6-14,17-18H,15-16,19-20H2,1-5H3. The molecule has 1 aliphatic rings. The molecule has 0 fully saturated rings.